The minimum absolute atomic E-state index is 0.00677. The van der Waals surface area contributed by atoms with Gasteiger partial charge in [0.1, 0.15) is 21.5 Å². The molecule has 2 aliphatic rings. The quantitative estimate of drug-likeness (QED) is 0.712. The van der Waals surface area contributed by atoms with Gasteiger partial charge in [-0.25, -0.2) is 9.78 Å². The molecule has 0 spiro atoms. The molecule has 0 radical (unpaired) electrons. The van der Waals surface area contributed by atoms with Crippen molar-refractivity contribution in [3.05, 3.63) is 38.7 Å². The van der Waals surface area contributed by atoms with E-state index in [0.29, 0.717) is 36.4 Å². The van der Waals surface area contributed by atoms with Crippen molar-refractivity contribution in [1.82, 2.24) is 19.3 Å². The average Bonchev–Trinajstić information content (AvgIpc) is 3.22. The van der Waals surface area contributed by atoms with Crippen molar-refractivity contribution in [2.75, 3.05) is 26.3 Å². The predicted molar refractivity (Wildman–Crippen MR) is 117 cm³/mol. The first kappa shape index (κ1) is 21.1. The Morgan fingerprint density at radius 2 is 2.13 bits per heavy atom. The van der Waals surface area contributed by atoms with Gasteiger partial charge in [0.25, 0.3) is 5.56 Å². The number of hydrogen-bond donors (Lipinski definition) is 1. The molecule has 1 saturated heterocycles. The fraction of sp³-hybridized carbons (Fsp3) is 0.571. The van der Waals surface area contributed by atoms with Crippen molar-refractivity contribution in [2.45, 2.75) is 45.6 Å². The summed E-state index contributed by atoms with van der Waals surface area (Å²) in [6, 6.07) is 0. The number of aromatic amines is 1. The molecule has 2 unspecified atom stereocenters. The topological polar surface area (TPSA) is 88.9 Å². The zero-order chi connectivity index (χ0) is 21.6. The summed E-state index contributed by atoms with van der Waals surface area (Å²) in [4.78, 5) is 34.7. The number of nitrogens with one attached hydrogen (secondary N) is 1. The van der Waals surface area contributed by atoms with Gasteiger partial charge in [-0.05, 0) is 54.6 Å². The molecule has 1 amide bonds. The molecule has 30 heavy (non-hydrogen) atoms. The lowest BCUT2D eigenvalue weighted by Crippen LogP contribution is -2.35. The molecule has 2 aromatic rings. The summed E-state index contributed by atoms with van der Waals surface area (Å²) in [6.07, 6.45) is 4.38. The number of nitrogens with zero attached hydrogens (tertiary/aromatic N) is 3. The van der Waals surface area contributed by atoms with Crippen LogP contribution in [0.1, 0.15) is 51.6 Å². The Morgan fingerprint density at radius 1 is 1.37 bits per heavy atom. The summed E-state index contributed by atoms with van der Waals surface area (Å²) in [7, 11) is 0. The molecule has 8 nitrogen and oxygen atoms in total. The lowest BCUT2D eigenvalue weighted by atomic mass is 9.95. The van der Waals surface area contributed by atoms with Crippen LogP contribution in [0.25, 0.3) is 11.1 Å². The molecule has 1 N–H and O–H groups in total. The molecule has 162 valence electrons. The first-order valence-electron chi connectivity index (χ1n) is 10.2. The molecule has 1 fully saturated rings. The smallest absolute Gasteiger partial charge is 0.410 e. The maximum Gasteiger partial charge on any atom is 0.410 e. The van der Waals surface area contributed by atoms with Gasteiger partial charge in [0, 0.05) is 30.9 Å². The number of halogens is 1. The maximum absolute atomic E-state index is 12.9. The summed E-state index contributed by atoms with van der Waals surface area (Å²) in [5.41, 5.74) is 1.60. The Balaban J connectivity index is 1.69. The monoisotopic (exact) mass is 478 g/mol. The second-order valence-corrected chi connectivity index (χ2v) is 9.76. The number of hydrogen-bond acceptors (Lipinski definition) is 5. The number of ether oxygens (including phenoxy) is 2. The molecule has 2 aromatic heterocycles. The molecule has 2 aliphatic heterocycles. The third kappa shape index (κ3) is 4.05. The normalized spacial score (nSPS) is 22.4. The van der Waals surface area contributed by atoms with E-state index in [0.717, 1.165) is 23.5 Å². The second-order valence-electron chi connectivity index (χ2n) is 9.01. The van der Waals surface area contributed by atoms with Gasteiger partial charge in [-0.15, -0.1) is 0 Å². The van der Waals surface area contributed by atoms with E-state index in [2.05, 4.69) is 32.8 Å². The lowest BCUT2D eigenvalue weighted by Gasteiger charge is -2.24. The van der Waals surface area contributed by atoms with Crippen LogP contribution < -0.4 is 5.56 Å². The van der Waals surface area contributed by atoms with Gasteiger partial charge in [0.05, 0.1) is 13.2 Å². The summed E-state index contributed by atoms with van der Waals surface area (Å²) in [6.45, 7) is 9.93. The molecule has 0 saturated carbocycles. The van der Waals surface area contributed by atoms with E-state index in [1.54, 1.807) is 4.90 Å². The highest BCUT2D eigenvalue weighted by atomic mass is 79.9. The van der Waals surface area contributed by atoms with Crippen LogP contribution in [-0.4, -0.2) is 57.3 Å². The van der Waals surface area contributed by atoms with Crippen LogP contribution in [0, 0.1) is 5.92 Å². The number of rotatable bonds is 2. The molecule has 2 atom stereocenters. The molecule has 4 rings (SSSR count). The Morgan fingerprint density at radius 3 is 2.80 bits per heavy atom. The highest BCUT2D eigenvalue weighted by Crippen LogP contribution is 2.33. The van der Waals surface area contributed by atoms with Gasteiger partial charge in [-0.1, -0.05) is 13.0 Å². The van der Waals surface area contributed by atoms with Crippen LogP contribution in [-0.2, 0) is 9.47 Å². The summed E-state index contributed by atoms with van der Waals surface area (Å²) < 4.78 is 13.3. The van der Waals surface area contributed by atoms with Crippen molar-refractivity contribution in [3.8, 4) is 0 Å². The van der Waals surface area contributed by atoms with E-state index in [9.17, 15) is 9.59 Å². The summed E-state index contributed by atoms with van der Waals surface area (Å²) >= 11 is 3.43. The van der Waals surface area contributed by atoms with E-state index < -0.39 is 5.60 Å². The third-order valence-electron chi connectivity index (χ3n) is 5.52. The fourth-order valence-corrected chi connectivity index (χ4v) is 4.63. The fourth-order valence-electron chi connectivity index (χ4n) is 4.09. The van der Waals surface area contributed by atoms with Gasteiger partial charge in [-0.2, -0.15) is 0 Å². The van der Waals surface area contributed by atoms with E-state index in [1.165, 1.54) is 0 Å². The van der Waals surface area contributed by atoms with Gasteiger partial charge in [0.2, 0.25) is 0 Å². The zero-order valence-electron chi connectivity index (χ0n) is 17.7. The first-order valence-corrected chi connectivity index (χ1v) is 11.0. The van der Waals surface area contributed by atoms with Gasteiger partial charge >= 0.3 is 6.09 Å². The van der Waals surface area contributed by atoms with Crippen LogP contribution in [0.4, 0.5) is 4.79 Å². The predicted octanol–water partition coefficient (Wildman–Crippen LogP) is 3.56. The Kier molecular flexibility index (Phi) is 5.52. The summed E-state index contributed by atoms with van der Waals surface area (Å²) in [5.74, 6) is 0.942. The number of carbonyl (C=O) groups is 1. The van der Waals surface area contributed by atoms with Crippen molar-refractivity contribution < 1.29 is 14.3 Å². The molecule has 0 aliphatic carbocycles. The second kappa shape index (κ2) is 7.85. The number of H-pyrrole nitrogens is 1. The minimum atomic E-state index is -0.541. The first-order chi connectivity index (χ1) is 14.1. The standard InChI is InChI=1S/C21H27BrN4O4/c1-12-9-25(20(28)30-21(2,3)4)10-14(12)15-11-26-16(19(27)23-15)17(22)24-18(26)13-5-7-29-8-6-13/h5,11-12,14H,6-10H2,1-4H3,(H,23,27). The molecular formula is C21H27BrN4O4. The third-order valence-corrected chi connectivity index (χ3v) is 6.08. The SMILES string of the molecule is CC1CN(C(=O)OC(C)(C)C)CC1c1cn2c(C3=CCOCC3)nc(Br)c2c(=O)[nH]1. The molecule has 9 heteroatoms. The average molecular weight is 479 g/mol. The maximum atomic E-state index is 12.9. The van der Waals surface area contributed by atoms with E-state index >= 15 is 0 Å². The number of aromatic nitrogens is 3. The van der Waals surface area contributed by atoms with Crippen molar-refractivity contribution in [3.63, 3.8) is 0 Å². The number of amides is 1. The molecular weight excluding hydrogens is 452 g/mol. The Hall–Kier alpha value is -2.13. The van der Waals surface area contributed by atoms with E-state index in [4.69, 9.17) is 9.47 Å². The molecule has 4 heterocycles. The largest absolute Gasteiger partial charge is 0.444 e. The number of imidazole rings is 1. The lowest BCUT2D eigenvalue weighted by molar-refractivity contribution is 0.0287. The van der Waals surface area contributed by atoms with Gasteiger partial charge in [0.15, 0.2) is 0 Å². The van der Waals surface area contributed by atoms with Gasteiger partial charge < -0.3 is 19.4 Å². The van der Waals surface area contributed by atoms with Crippen LogP contribution >= 0.6 is 15.9 Å². The minimum Gasteiger partial charge on any atom is -0.444 e. The number of carbonyl (C=O) groups excluding carboxylic acids is 1. The van der Waals surface area contributed by atoms with Crippen molar-refractivity contribution >= 4 is 33.1 Å². The number of fused-ring (bicyclic) bond motifs is 1. The van der Waals surface area contributed by atoms with Crippen LogP contribution in [0.5, 0.6) is 0 Å². The zero-order valence-corrected chi connectivity index (χ0v) is 19.3. The van der Waals surface area contributed by atoms with Crippen LogP contribution in [0.3, 0.4) is 0 Å². The van der Waals surface area contributed by atoms with E-state index in [1.807, 2.05) is 37.4 Å². The van der Waals surface area contributed by atoms with Crippen LogP contribution in [0.15, 0.2) is 21.7 Å². The highest BCUT2D eigenvalue weighted by molar-refractivity contribution is 9.10. The van der Waals surface area contributed by atoms with Gasteiger partial charge in [-0.3, -0.25) is 9.20 Å². The van der Waals surface area contributed by atoms with Crippen molar-refractivity contribution in [2.24, 2.45) is 5.92 Å². The van der Waals surface area contributed by atoms with E-state index in [-0.39, 0.29) is 23.5 Å². The van der Waals surface area contributed by atoms with Crippen molar-refractivity contribution in [1.29, 1.82) is 0 Å². The molecule has 0 bridgehead atoms. The van der Waals surface area contributed by atoms with Crippen LogP contribution in [0.2, 0.25) is 0 Å². The Labute approximate surface area is 183 Å². The molecule has 0 aromatic carbocycles. The Bertz CT molecular complexity index is 1070. The number of likely N-dealkylation sites (tertiary alicyclic amines) is 1. The summed E-state index contributed by atoms with van der Waals surface area (Å²) in [5, 5.41) is 0. The highest BCUT2D eigenvalue weighted by Gasteiger charge is 2.36.